The molecule has 0 amide bonds. The summed E-state index contributed by atoms with van der Waals surface area (Å²) in [5, 5.41) is 20.5. The highest BCUT2D eigenvalue weighted by atomic mass is 16.5. The van der Waals surface area contributed by atoms with E-state index < -0.39 is 12.2 Å². The van der Waals surface area contributed by atoms with Crippen molar-refractivity contribution < 1.29 is 29.3 Å². The summed E-state index contributed by atoms with van der Waals surface area (Å²) in [6, 6.07) is 0. The Bertz CT molecular complexity index is 714. The Morgan fingerprint density at radius 3 is 1.18 bits per heavy atom. The molecule has 0 rings (SSSR count). The van der Waals surface area contributed by atoms with Crippen molar-refractivity contribution in [2.45, 2.75) is 193 Å². The number of carbonyl (C=O) groups excluding carboxylic acids is 2. The molecule has 0 aliphatic rings. The molecule has 0 saturated carbocycles. The number of rotatable bonds is 37. The van der Waals surface area contributed by atoms with Gasteiger partial charge in [0.25, 0.3) is 0 Å². The van der Waals surface area contributed by atoms with Crippen molar-refractivity contribution in [3.05, 3.63) is 0 Å². The fourth-order valence-electron chi connectivity index (χ4n) is 6.47. The summed E-state index contributed by atoms with van der Waals surface area (Å²) >= 11 is 0. The van der Waals surface area contributed by atoms with Crippen LogP contribution in [-0.2, 0) is 19.1 Å². The summed E-state index contributed by atoms with van der Waals surface area (Å²) in [4.78, 5) is 29.6. The van der Waals surface area contributed by atoms with Gasteiger partial charge < -0.3 is 41.0 Å². The Hall–Kier alpha value is -1.30. The van der Waals surface area contributed by atoms with E-state index in [4.69, 9.17) is 20.9 Å². The Balaban J connectivity index is 4.66. The van der Waals surface area contributed by atoms with E-state index in [2.05, 4.69) is 37.5 Å². The first kappa shape index (κ1) is 48.7. The van der Waals surface area contributed by atoms with Gasteiger partial charge in [0, 0.05) is 39.0 Å². The molecule has 50 heavy (non-hydrogen) atoms. The average Bonchev–Trinajstić information content (AvgIpc) is 3.10. The first-order valence-electron chi connectivity index (χ1n) is 20.8. The van der Waals surface area contributed by atoms with Gasteiger partial charge in [0.15, 0.2) is 0 Å². The molecule has 0 aliphatic carbocycles. The summed E-state index contributed by atoms with van der Waals surface area (Å²) in [5.41, 5.74) is 11.5. The topological polar surface area (TPSA) is 152 Å². The second-order valence-electron chi connectivity index (χ2n) is 14.5. The molecule has 4 atom stereocenters. The molecule has 0 aromatic carbocycles. The van der Waals surface area contributed by atoms with Crippen molar-refractivity contribution in [3.63, 3.8) is 0 Å². The number of nitrogens with zero attached hydrogens (tertiary/aromatic N) is 2. The van der Waals surface area contributed by atoms with Gasteiger partial charge in [-0.3, -0.25) is 9.59 Å². The van der Waals surface area contributed by atoms with Gasteiger partial charge in [0.05, 0.1) is 12.2 Å². The lowest BCUT2D eigenvalue weighted by atomic mass is 10.1. The molecule has 10 heteroatoms. The first-order valence-corrected chi connectivity index (χ1v) is 20.8. The van der Waals surface area contributed by atoms with Gasteiger partial charge in [0.2, 0.25) is 0 Å². The highest BCUT2D eigenvalue weighted by Gasteiger charge is 2.17. The van der Waals surface area contributed by atoms with Crippen LogP contribution in [0.25, 0.3) is 0 Å². The average molecular weight is 715 g/mol. The Morgan fingerprint density at radius 1 is 0.500 bits per heavy atom. The van der Waals surface area contributed by atoms with Crippen molar-refractivity contribution in [2.24, 2.45) is 11.5 Å². The quantitative estimate of drug-likeness (QED) is 0.0404. The molecule has 0 aromatic heterocycles. The molecule has 0 aliphatic heterocycles. The monoisotopic (exact) mass is 715 g/mol. The lowest BCUT2D eigenvalue weighted by molar-refractivity contribution is -0.151. The minimum Gasteiger partial charge on any atom is -0.462 e. The van der Waals surface area contributed by atoms with Crippen LogP contribution in [0.15, 0.2) is 0 Å². The van der Waals surface area contributed by atoms with Crippen LogP contribution in [0.1, 0.15) is 169 Å². The van der Waals surface area contributed by atoms with Crippen molar-refractivity contribution in [1.29, 1.82) is 0 Å². The van der Waals surface area contributed by atoms with E-state index in [1.54, 1.807) is 0 Å². The van der Waals surface area contributed by atoms with Gasteiger partial charge in [-0.25, -0.2) is 0 Å². The summed E-state index contributed by atoms with van der Waals surface area (Å²) in [6.07, 6.45) is 20.2. The number of hydrogen-bond donors (Lipinski definition) is 4. The molecule has 0 aromatic rings. The maximum Gasteiger partial charge on any atom is 0.306 e. The highest BCUT2D eigenvalue weighted by Crippen LogP contribution is 2.16. The number of hydrogen-bond acceptors (Lipinski definition) is 10. The van der Waals surface area contributed by atoms with E-state index in [1.165, 1.54) is 38.5 Å². The summed E-state index contributed by atoms with van der Waals surface area (Å²) in [5.74, 6) is -0.190. The summed E-state index contributed by atoms with van der Waals surface area (Å²) in [7, 11) is 0. The highest BCUT2D eigenvalue weighted by molar-refractivity contribution is 5.69. The molecule has 298 valence electrons. The summed E-state index contributed by atoms with van der Waals surface area (Å²) in [6.45, 7) is 13.4. The number of nitrogens with two attached hydrogens (primary N) is 2. The molecule has 0 bridgehead atoms. The minimum absolute atomic E-state index is 0.0378. The lowest BCUT2D eigenvalue weighted by Gasteiger charge is -2.27. The van der Waals surface area contributed by atoms with Gasteiger partial charge >= 0.3 is 11.9 Å². The molecule has 0 saturated heterocycles. The van der Waals surface area contributed by atoms with Gasteiger partial charge in [-0.15, -0.1) is 0 Å². The van der Waals surface area contributed by atoms with Crippen molar-refractivity contribution in [3.8, 4) is 0 Å². The van der Waals surface area contributed by atoms with Crippen LogP contribution < -0.4 is 11.5 Å². The van der Waals surface area contributed by atoms with E-state index in [9.17, 15) is 19.8 Å². The fourth-order valence-corrected chi connectivity index (χ4v) is 6.47. The third-order valence-corrected chi connectivity index (χ3v) is 9.47. The molecular formula is C40H82N4O6. The molecule has 0 spiro atoms. The van der Waals surface area contributed by atoms with Crippen LogP contribution in [-0.4, -0.2) is 109 Å². The van der Waals surface area contributed by atoms with Crippen molar-refractivity contribution in [1.82, 2.24) is 9.80 Å². The normalized spacial score (nSPS) is 14.2. The second-order valence-corrected chi connectivity index (χ2v) is 14.5. The fraction of sp³-hybridized carbons (Fsp3) is 0.950. The Morgan fingerprint density at radius 2 is 0.860 bits per heavy atom. The Kier molecular flexibility index (Phi) is 33.9. The largest absolute Gasteiger partial charge is 0.462 e. The molecule has 0 heterocycles. The second kappa shape index (κ2) is 34.8. The van der Waals surface area contributed by atoms with Crippen LogP contribution in [0.2, 0.25) is 0 Å². The van der Waals surface area contributed by atoms with Crippen molar-refractivity contribution >= 4 is 11.9 Å². The molecular weight excluding hydrogens is 632 g/mol. The molecule has 10 nitrogen and oxygen atoms in total. The van der Waals surface area contributed by atoms with E-state index in [1.807, 2.05) is 0 Å². The van der Waals surface area contributed by atoms with E-state index in [0.29, 0.717) is 25.9 Å². The third kappa shape index (κ3) is 29.3. The number of unbranched alkanes of at least 4 members (excludes halogenated alkanes) is 9. The van der Waals surface area contributed by atoms with Crippen LogP contribution in [0.5, 0.6) is 0 Å². The van der Waals surface area contributed by atoms with Gasteiger partial charge in [-0.05, 0) is 103 Å². The lowest BCUT2D eigenvalue weighted by Crippen LogP contribution is -2.39. The zero-order valence-corrected chi connectivity index (χ0v) is 33.1. The third-order valence-electron chi connectivity index (χ3n) is 9.47. The standard InChI is InChI=1S/C40H82N4O6/c1-5-9-11-13-23-37(21-7-3)49-39(47)25-15-17-27-43(33-35(45)31-41)29-19-20-30-44(34-36(46)32-42)28-18-16-26-40(48)50-38(22-8-4)24-14-12-10-6-2/h35-38,45-46H,5-34,41-42H2,1-4H3. The van der Waals surface area contributed by atoms with E-state index in [-0.39, 0.29) is 37.2 Å². The number of aliphatic hydroxyl groups is 2. The zero-order valence-electron chi connectivity index (χ0n) is 33.1. The smallest absolute Gasteiger partial charge is 0.306 e. The van der Waals surface area contributed by atoms with E-state index >= 15 is 0 Å². The molecule has 6 N–H and O–H groups in total. The van der Waals surface area contributed by atoms with Crippen LogP contribution in [0, 0.1) is 0 Å². The van der Waals surface area contributed by atoms with Gasteiger partial charge in [0.1, 0.15) is 12.2 Å². The minimum atomic E-state index is -0.580. The molecule has 0 radical (unpaired) electrons. The summed E-state index contributed by atoms with van der Waals surface area (Å²) < 4.78 is 11.7. The number of carbonyl (C=O) groups is 2. The zero-order chi connectivity index (χ0) is 37.2. The maximum atomic E-state index is 12.6. The Labute approximate surface area is 307 Å². The van der Waals surface area contributed by atoms with Gasteiger partial charge in [-0.2, -0.15) is 0 Å². The number of esters is 2. The van der Waals surface area contributed by atoms with Crippen LogP contribution in [0.4, 0.5) is 0 Å². The predicted octanol–water partition coefficient (Wildman–Crippen LogP) is 6.72. The van der Waals surface area contributed by atoms with E-state index in [0.717, 1.165) is 116 Å². The number of ether oxygens (including phenoxy) is 2. The predicted molar refractivity (Wildman–Crippen MR) is 207 cm³/mol. The van der Waals surface area contributed by atoms with Gasteiger partial charge in [-0.1, -0.05) is 79.1 Å². The molecule has 4 unspecified atom stereocenters. The van der Waals surface area contributed by atoms with Crippen molar-refractivity contribution in [2.75, 3.05) is 52.4 Å². The van der Waals surface area contributed by atoms with Crippen LogP contribution in [0.3, 0.4) is 0 Å². The maximum absolute atomic E-state index is 12.6. The first-order chi connectivity index (χ1) is 24.2. The molecule has 0 fully saturated rings. The SMILES string of the molecule is CCCCCCC(CCC)OC(=O)CCCCN(CCCCN(CCCCC(=O)OC(CCC)CCCCCC)CC(O)CN)CC(O)CN. The van der Waals surface area contributed by atoms with Crippen LogP contribution >= 0.6 is 0 Å². The number of aliphatic hydroxyl groups excluding tert-OH is 2.